The molecular weight excluding hydrogens is 236 g/mol. The summed E-state index contributed by atoms with van der Waals surface area (Å²) in [6, 6.07) is 7.08. The zero-order valence-electron chi connectivity index (χ0n) is 10.1. The molecule has 0 aliphatic heterocycles. The first-order chi connectivity index (χ1) is 7.68. The summed E-state index contributed by atoms with van der Waals surface area (Å²) in [6.45, 7) is 3.41. The largest absolute Gasteiger partial charge is 0.399 e. The maximum Gasteiger partial charge on any atom is 0.209 e. The fraction of sp³-hybridized carbons (Fsp3) is 0.333. The number of hydrogen-bond acceptors (Lipinski definition) is 3. The number of nitrogen functional groups attached to an aromatic ring is 1. The van der Waals surface area contributed by atoms with Gasteiger partial charge in [0.15, 0.2) is 0 Å². The second-order valence-electron chi connectivity index (χ2n) is 4.37. The van der Waals surface area contributed by atoms with Gasteiger partial charge in [-0.3, -0.25) is 0 Å². The minimum Gasteiger partial charge on any atom is -0.399 e. The third-order valence-electron chi connectivity index (χ3n) is 1.87. The first-order valence-electron chi connectivity index (χ1n) is 5.06. The summed E-state index contributed by atoms with van der Waals surface area (Å²) in [6.07, 6.45) is 1.11. The van der Waals surface area contributed by atoms with Crippen LogP contribution in [0.5, 0.6) is 0 Å². The number of sulfonamides is 1. The molecule has 0 fully saturated rings. The van der Waals surface area contributed by atoms with E-state index in [0.717, 1.165) is 11.8 Å². The van der Waals surface area contributed by atoms with Gasteiger partial charge in [0.2, 0.25) is 10.0 Å². The molecule has 0 unspecified atom stereocenters. The van der Waals surface area contributed by atoms with Gasteiger partial charge in [-0.15, -0.1) is 0 Å². The van der Waals surface area contributed by atoms with Crippen LogP contribution in [0.25, 0.3) is 0 Å². The molecule has 3 N–H and O–H groups in total. The average molecular weight is 252 g/mol. The van der Waals surface area contributed by atoms with Crippen LogP contribution in [0.2, 0.25) is 0 Å². The highest BCUT2D eigenvalue weighted by molar-refractivity contribution is 7.88. The fourth-order valence-corrected chi connectivity index (χ4v) is 2.26. The molecule has 0 heterocycles. The second-order valence-corrected chi connectivity index (χ2v) is 6.12. The Kier molecular flexibility index (Phi) is 3.81. The minimum absolute atomic E-state index is 0.670. The van der Waals surface area contributed by atoms with Crippen molar-refractivity contribution in [1.82, 2.24) is 4.72 Å². The normalized spacial score (nSPS) is 11.7. The third-order valence-corrected chi connectivity index (χ3v) is 2.75. The van der Waals surface area contributed by atoms with E-state index in [4.69, 9.17) is 5.73 Å². The van der Waals surface area contributed by atoms with Gasteiger partial charge in [0.05, 0.1) is 11.8 Å². The summed E-state index contributed by atoms with van der Waals surface area (Å²) in [5.41, 5.74) is 6.22. The Bertz CT molecular complexity index is 548. The molecule has 5 heteroatoms. The van der Waals surface area contributed by atoms with Crippen molar-refractivity contribution in [2.24, 2.45) is 0 Å². The fourth-order valence-electron chi connectivity index (χ4n) is 1.28. The van der Waals surface area contributed by atoms with Gasteiger partial charge in [-0.05, 0) is 38.1 Å². The molecule has 92 valence electrons. The summed E-state index contributed by atoms with van der Waals surface area (Å²) in [7, 11) is -3.27. The Morgan fingerprint density at radius 1 is 1.24 bits per heavy atom. The van der Waals surface area contributed by atoms with Gasteiger partial charge < -0.3 is 5.73 Å². The standard InChI is InChI=1S/C12H16N2O2S/c1-12(2,14-17(3,15)16)9-8-10-4-6-11(13)7-5-10/h4-7,14H,13H2,1-3H3. The van der Waals surface area contributed by atoms with Crippen molar-refractivity contribution in [3.63, 3.8) is 0 Å². The van der Waals surface area contributed by atoms with Crippen molar-refractivity contribution < 1.29 is 8.42 Å². The molecule has 1 rings (SSSR count). The van der Waals surface area contributed by atoms with E-state index in [9.17, 15) is 8.42 Å². The Morgan fingerprint density at radius 2 is 1.76 bits per heavy atom. The molecule has 0 saturated heterocycles. The van der Waals surface area contributed by atoms with E-state index in [-0.39, 0.29) is 0 Å². The number of nitrogens with two attached hydrogens (primary N) is 1. The van der Waals surface area contributed by atoms with E-state index in [1.807, 2.05) is 0 Å². The van der Waals surface area contributed by atoms with Crippen molar-refractivity contribution >= 4 is 15.7 Å². The molecule has 0 atom stereocenters. The average Bonchev–Trinajstić information content (AvgIpc) is 2.13. The predicted octanol–water partition coefficient (Wildman–Crippen LogP) is 0.948. The van der Waals surface area contributed by atoms with Gasteiger partial charge in [-0.25, -0.2) is 8.42 Å². The van der Waals surface area contributed by atoms with E-state index >= 15 is 0 Å². The number of benzene rings is 1. The molecular formula is C12H16N2O2S. The SMILES string of the molecule is CC(C)(C#Cc1ccc(N)cc1)NS(C)(=O)=O. The molecule has 0 radical (unpaired) electrons. The van der Waals surface area contributed by atoms with Gasteiger partial charge in [-0.1, -0.05) is 11.8 Å². The summed E-state index contributed by atoms with van der Waals surface area (Å²) in [5, 5.41) is 0. The third kappa shape index (κ3) is 5.38. The first-order valence-corrected chi connectivity index (χ1v) is 6.95. The topological polar surface area (TPSA) is 72.2 Å². The first kappa shape index (κ1) is 13.6. The zero-order chi connectivity index (χ0) is 13.1. The van der Waals surface area contributed by atoms with Crippen LogP contribution in [0.4, 0.5) is 5.69 Å². The van der Waals surface area contributed by atoms with Gasteiger partial charge in [0, 0.05) is 11.3 Å². The van der Waals surface area contributed by atoms with E-state index in [0.29, 0.717) is 5.69 Å². The number of rotatable bonds is 2. The van der Waals surface area contributed by atoms with Crippen molar-refractivity contribution in [1.29, 1.82) is 0 Å². The lowest BCUT2D eigenvalue weighted by molar-refractivity contribution is 0.544. The quantitative estimate of drug-likeness (QED) is 0.608. The monoisotopic (exact) mass is 252 g/mol. The van der Waals surface area contributed by atoms with E-state index in [1.54, 1.807) is 38.1 Å². The number of hydrogen-bond donors (Lipinski definition) is 2. The Labute approximate surface area is 102 Å². The molecule has 0 saturated carbocycles. The molecule has 0 aliphatic carbocycles. The highest BCUT2D eigenvalue weighted by atomic mass is 32.2. The van der Waals surface area contributed by atoms with Crippen LogP contribution in [-0.2, 0) is 10.0 Å². The second kappa shape index (κ2) is 4.78. The summed E-state index contributed by atoms with van der Waals surface area (Å²) >= 11 is 0. The van der Waals surface area contributed by atoms with Gasteiger partial charge in [-0.2, -0.15) is 4.72 Å². The van der Waals surface area contributed by atoms with Crippen LogP contribution < -0.4 is 10.5 Å². The Balaban J connectivity index is 2.88. The molecule has 17 heavy (non-hydrogen) atoms. The van der Waals surface area contributed by atoms with Crippen LogP contribution >= 0.6 is 0 Å². The van der Waals surface area contributed by atoms with Crippen molar-refractivity contribution in [2.45, 2.75) is 19.4 Å². The van der Waals surface area contributed by atoms with E-state index in [2.05, 4.69) is 16.6 Å². The van der Waals surface area contributed by atoms with Crippen LogP contribution in [-0.4, -0.2) is 20.2 Å². The summed E-state index contributed by atoms with van der Waals surface area (Å²) in [5.74, 6) is 5.77. The molecule has 1 aromatic carbocycles. The Hall–Kier alpha value is -1.51. The molecule has 0 aliphatic rings. The van der Waals surface area contributed by atoms with Crippen molar-refractivity contribution in [2.75, 3.05) is 12.0 Å². The van der Waals surface area contributed by atoms with Crippen molar-refractivity contribution in [3.05, 3.63) is 29.8 Å². The summed E-state index contributed by atoms with van der Waals surface area (Å²) in [4.78, 5) is 0. The maximum absolute atomic E-state index is 11.1. The van der Waals surface area contributed by atoms with Crippen LogP contribution in [0.3, 0.4) is 0 Å². The predicted molar refractivity (Wildman–Crippen MR) is 69.8 cm³/mol. The lowest BCUT2D eigenvalue weighted by Crippen LogP contribution is -2.41. The highest BCUT2D eigenvalue weighted by Crippen LogP contribution is 2.06. The summed E-state index contributed by atoms with van der Waals surface area (Å²) < 4.78 is 24.7. The molecule has 0 bridgehead atoms. The molecule has 1 aromatic rings. The molecule has 0 amide bonds. The van der Waals surface area contributed by atoms with Gasteiger partial charge in [0.25, 0.3) is 0 Å². The van der Waals surface area contributed by atoms with Crippen LogP contribution in [0.15, 0.2) is 24.3 Å². The molecule has 0 aromatic heterocycles. The van der Waals surface area contributed by atoms with Gasteiger partial charge in [0.1, 0.15) is 0 Å². The number of anilines is 1. The lowest BCUT2D eigenvalue weighted by atomic mass is 10.1. The maximum atomic E-state index is 11.1. The van der Waals surface area contributed by atoms with Crippen molar-refractivity contribution in [3.8, 4) is 11.8 Å². The van der Waals surface area contributed by atoms with E-state index in [1.165, 1.54) is 0 Å². The highest BCUT2D eigenvalue weighted by Gasteiger charge is 2.18. The lowest BCUT2D eigenvalue weighted by Gasteiger charge is -2.17. The van der Waals surface area contributed by atoms with E-state index < -0.39 is 15.6 Å². The van der Waals surface area contributed by atoms with Crippen LogP contribution in [0.1, 0.15) is 19.4 Å². The molecule has 4 nitrogen and oxygen atoms in total. The molecule has 0 spiro atoms. The minimum atomic E-state index is -3.27. The number of nitrogens with one attached hydrogen (secondary N) is 1. The van der Waals surface area contributed by atoms with Gasteiger partial charge >= 0.3 is 0 Å². The van der Waals surface area contributed by atoms with Crippen LogP contribution in [0, 0.1) is 11.8 Å². The smallest absolute Gasteiger partial charge is 0.209 e. The zero-order valence-corrected chi connectivity index (χ0v) is 10.9. The Morgan fingerprint density at radius 3 is 2.24 bits per heavy atom.